The molecule has 1 N–H and O–H groups in total. The van der Waals surface area contributed by atoms with Crippen molar-refractivity contribution in [3.05, 3.63) is 89.7 Å². The van der Waals surface area contributed by atoms with Crippen LogP contribution in [-0.2, 0) is 13.1 Å². The summed E-state index contributed by atoms with van der Waals surface area (Å²) >= 11 is 0. The number of aryl methyl sites for hydroxylation is 1. The van der Waals surface area contributed by atoms with Gasteiger partial charge in [-0.05, 0) is 40.8 Å². The molecule has 0 aliphatic rings. The zero-order valence-corrected chi connectivity index (χ0v) is 12.8. The Morgan fingerprint density at radius 2 is 1.59 bits per heavy atom. The average molecular weight is 288 g/mol. The first-order valence-corrected chi connectivity index (χ1v) is 7.57. The third-order valence-corrected chi connectivity index (χ3v) is 3.79. The van der Waals surface area contributed by atoms with E-state index in [1.807, 2.05) is 12.3 Å². The van der Waals surface area contributed by atoms with E-state index in [1.165, 1.54) is 27.8 Å². The second-order valence-electron chi connectivity index (χ2n) is 5.48. The van der Waals surface area contributed by atoms with Crippen molar-refractivity contribution >= 4 is 0 Å². The molecule has 0 bridgehead atoms. The molecule has 0 amide bonds. The van der Waals surface area contributed by atoms with Crippen LogP contribution >= 0.6 is 0 Å². The van der Waals surface area contributed by atoms with Crippen LogP contribution in [0.4, 0.5) is 0 Å². The van der Waals surface area contributed by atoms with Gasteiger partial charge < -0.3 is 5.32 Å². The highest BCUT2D eigenvalue weighted by atomic mass is 14.8. The van der Waals surface area contributed by atoms with Gasteiger partial charge in [0.15, 0.2) is 0 Å². The van der Waals surface area contributed by atoms with E-state index >= 15 is 0 Å². The third kappa shape index (κ3) is 3.60. The monoisotopic (exact) mass is 288 g/mol. The van der Waals surface area contributed by atoms with Gasteiger partial charge in [0.25, 0.3) is 0 Å². The smallest absolute Gasteiger partial charge is 0.0312 e. The Bertz CT molecular complexity index is 718. The molecule has 22 heavy (non-hydrogen) atoms. The molecule has 2 aromatic carbocycles. The normalized spacial score (nSPS) is 10.6. The van der Waals surface area contributed by atoms with Crippen LogP contribution in [0.2, 0.25) is 0 Å². The van der Waals surface area contributed by atoms with Crippen molar-refractivity contribution in [2.45, 2.75) is 20.0 Å². The molecular weight excluding hydrogens is 268 g/mol. The number of benzene rings is 2. The lowest BCUT2D eigenvalue weighted by atomic mass is 10.00. The summed E-state index contributed by atoms with van der Waals surface area (Å²) in [6.07, 6.45) is 3.70. The van der Waals surface area contributed by atoms with Gasteiger partial charge in [-0.3, -0.25) is 4.98 Å². The third-order valence-electron chi connectivity index (χ3n) is 3.79. The highest BCUT2D eigenvalue weighted by molar-refractivity contribution is 5.67. The molecule has 0 saturated heterocycles. The van der Waals surface area contributed by atoms with Crippen LogP contribution in [0.25, 0.3) is 11.1 Å². The summed E-state index contributed by atoms with van der Waals surface area (Å²) < 4.78 is 0. The van der Waals surface area contributed by atoms with Crippen molar-refractivity contribution in [2.24, 2.45) is 0 Å². The molecule has 0 unspecified atom stereocenters. The Balaban J connectivity index is 1.61. The van der Waals surface area contributed by atoms with Gasteiger partial charge in [0.2, 0.25) is 0 Å². The predicted octanol–water partition coefficient (Wildman–Crippen LogP) is 4.35. The van der Waals surface area contributed by atoms with Crippen molar-refractivity contribution in [2.75, 3.05) is 0 Å². The van der Waals surface area contributed by atoms with Crippen LogP contribution in [0, 0.1) is 6.92 Å². The summed E-state index contributed by atoms with van der Waals surface area (Å²) in [7, 11) is 0. The molecule has 1 heterocycles. The van der Waals surface area contributed by atoms with E-state index in [-0.39, 0.29) is 0 Å². The minimum absolute atomic E-state index is 0.841. The number of aromatic nitrogens is 1. The van der Waals surface area contributed by atoms with E-state index in [1.54, 1.807) is 6.20 Å². The second kappa shape index (κ2) is 7.01. The first-order valence-electron chi connectivity index (χ1n) is 7.57. The lowest BCUT2D eigenvalue weighted by molar-refractivity contribution is 0.691. The summed E-state index contributed by atoms with van der Waals surface area (Å²) in [5, 5.41) is 3.45. The standard InChI is InChI=1S/C20H20N2/c1-16-5-2-3-7-20(16)19-10-8-17(9-11-19)13-22-15-18-6-4-12-21-14-18/h2-12,14,22H,13,15H2,1H3. The largest absolute Gasteiger partial charge is 0.309 e. The Labute approximate surface area is 131 Å². The molecule has 0 saturated carbocycles. The van der Waals surface area contributed by atoms with Crippen molar-refractivity contribution in [3.8, 4) is 11.1 Å². The summed E-state index contributed by atoms with van der Waals surface area (Å²) in [6, 6.07) is 21.3. The van der Waals surface area contributed by atoms with E-state index in [9.17, 15) is 0 Å². The fourth-order valence-corrected chi connectivity index (χ4v) is 2.55. The highest BCUT2D eigenvalue weighted by Gasteiger charge is 2.01. The average Bonchev–Trinajstić information content (AvgIpc) is 2.57. The van der Waals surface area contributed by atoms with Gasteiger partial charge in [-0.25, -0.2) is 0 Å². The second-order valence-corrected chi connectivity index (χ2v) is 5.48. The van der Waals surface area contributed by atoms with Gasteiger partial charge in [-0.15, -0.1) is 0 Å². The van der Waals surface area contributed by atoms with Crippen molar-refractivity contribution in [1.29, 1.82) is 0 Å². The topological polar surface area (TPSA) is 24.9 Å². The fourth-order valence-electron chi connectivity index (χ4n) is 2.55. The van der Waals surface area contributed by atoms with Crippen LogP contribution in [-0.4, -0.2) is 4.98 Å². The molecule has 1 aromatic heterocycles. The zero-order valence-electron chi connectivity index (χ0n) is 12.8. The first kappa shape index (κ1) is 14.5. The molecule has 110 valence electrons. The van der Waals surface area contributed by atoms with Gasteiger partial charge >= 0.3 is 0 Å². The van der Waals surface area contributed by atoms with Crippen LogP contribution in [0.1, 0.15) is 16.7 Å². The summed E-state index contributed by atoms with van der Waals surface area (Å²) in [6.45, 7) is 3.86. The van der Waals surface area contributed by atoms with Gasteiger partial charge in [0.1, 0.15) is 0 Å². The van der Waals surface area contributed by atoms with Crippen molar-refractivity contribution in [3.63, 3.8) is 0 Å². The number of hydrogen-bond donors (Lipinski definition) is 1. The molecular formula is C20H20N2. The Kier molecular flexibility index (Phi) is 4.62. The van der Waals surface area contributed by atoms with Gasteiger partial charge in [0, 0.05) is 25.5 Å². The van der Waals surface area contributed by atoms with E-state index < -0.39 is 0 Å². The minimum atomic E-state index is 0.841. The molecule has 3 aromatic rings. The lowest BCUT2D eigenvalue weighted by Gasteiger charge is -2.08. The Morgan fingerprint density at radius 1 is 0.818 bits per heavy atom. The molecule has 0 spiro atoms. The van der Waals surface area contributed by atoms with Gasteiger partial charge in [-0.2, -0.15) is 0 Å². The van der Waals surface area contributed by atoms with E-state index in [2.05, 4.69) is 71.8 Å². The molecule has 0 aliphatic heterocycles. The molecule has 3 rings (SSSR count). The minimum Gasteiger partial charge on any atom is -0.309 e. The maximum atomic E-state index is 4.12. The van der Waals surface area contributed by atoms with Gasteiger partial charge in [0.05, 0.1) is 0 Å². The maximum Gasteiger partial charge on any atom is 0.0312 e. The quantitative estimate of drug-likeness (QED) is 0.755. The van der Waals surface area contributed by atoms with Crippen LogP contribution < -0.4 is 5.32 Å². The number of nitrogens with one attached hydrogen (secondary N) is 1. The molecule has 0 atom stereocenters. The Hall–Kier alpha value is -2.45. The summed E-state index contributed by atoms with van der Waals surface area (Å²) in [5.41, 5.74) is 6.39. The molecule has 0 radical (unpaired) electrons. The van der Waals surface area contributed by atoms with Crippen LogP contribution in [0.3, 0.4) is 0 Å². The fraction of sp³-hybridized carbons (Fsp3) is 0.150. The van der Waals surface area contributed by atoms with E-state index in [0.29, 0.717) is 0 Å². The first-order chi connectivity index (χ1) is 10.8. The SMILES string of the molecule is Cc1ccccc1-c1ccc(CNCc2cccnc2)cc1. The zero-order chi connectivity index (χ0) is 15.2. The number of nitrogens with zero attached hydrogens (tertiary/aromatic N) is 1. The molecule has 0 aliphatic carbocycles. The maximum absolute atomic E-state index is 4.12. The molecule has 0 fully saturated rings. The molecule has 2 heteroatoms. The molecule has 2 nitrogen and oxygen atoms in total. The highest BCUT2D eigenvalue weighted by Crippen LogP contribution is 2.23. The lowest BCUT2D eigenvalue weighted by Crippen LogP contribution is -2.12. The summed E-state index contributed by atoms with van der Waals surface area (Å²) in [5.74, 6) is 0. The van der Waals surface area contributed by atoms with E-state index in [4.69, 9.17) is 0 Å². The predicted molar refractivity (Wildman–Crippen MR) is 91.4 cm³/mol. The Morgan fingerprint density at radius 3 is 2.32 bits per heavy atom. The van der Waals surface area contributed by atoms with Gasteiger partial charge in [-0.1, -0.05) is 54.6 Å². The van der Waals surface area contributed by atoms with Crippen LogP contribution in [0.5, 0.6) is 0 Å². The number of rotatable bonds is 5. The van der Waals surface area contributed by atoms with Crippen molar-refractivity contribution < 1.29 is 0 Å². The van der Waals surface area contributed by atoms with E-state index in [0.717, 1.165) is 13.1 Å². The van der Waals surface area contributed by atoms with Crippen LogP contribution in [0.15, 0.2) is 73.1 Å². The number of hydrogen-bond acceptors (Lipinski definition) is 2. The summed E-state index contributed by atoms with van der Waals surface area (Å²) in [4.78, 5) is 4.12. The van der Waals surface area contributed by atoms with Crippen molar-refractivity contribution in [1.82, 2.24) is 10.3 Å². The number of pyridine rings is 1.